The van der Waals surface area contributed by atoms with Crippen LogP contribution in [0.25, 0.3) is 11.4 Å². The zero-order valence-electron chi connectivity index (χ0n) is 16.5. The Hall–Kier alpha value is -3.20. The molecule has 0 bridgehead atoms. The van der Waals surface area contributed by atoms with Gasteiger partial charge in [0.1, 0.15) is 23.0 Å². The van der Waals surface area contributed by atoms with Gasteiger partial charge in [0.25, 0.3) is 5.91 Å². The number of hydrogen-bond donors (Lipinski definition) is 2. The fraction of sp³-hybridized carbons (Fsp3) is 0.400. The Bertz CT molecular complexity index is 976. The lowest BCUT2D eigenvalue weighted by Gasteiger charge is -2.22. The summed E-state index contributed by atoms with van der Waals surface area (Å²) in [6, 6.07) is 7.54. The van der Waals surface area contributed by atoms with Gasteiger partial charge in [-0.2, -0.15) is 5.10 Å². The van der Waals surface area contributed by atoms with E-state index in [1.54, 1.807) is 24.0 Å². The number of carbonyl (C=O) groups is 1. The number of aromatic nitrogens is 4. The number of carbonyl (C=O) groups excluding carboxylic acids is 1. The van der Waals surface area contributed by atoms with Gasteiger partial charge in [-0.3, -0.25) is 14.5 Å². The van der Waals surface area contributed by atoms with Crippen molar-refractivity contribution in [2.75, 3.05) is 18.5 Å². The first-order valence-electron chi connectivity index (χ1n) is 9.65. The van der Waals surface area contributed by atoms with Gasteiger partial charge in [-0.1, -0.05) is 11.2 Å². The highest BCUT2D eigenvalue weighted by atomic mass is 16.5. The number of hydrogen-bond acceptors (Lipinski definition) is 7. The highest BCUT2D eigenvalue weighted by Gasteiger charge is 2.20. The first kappa shape index (κ1) is 19.1. The van der Waals surface area contributed by atoms with E-state index >= 15 is 0 Å². The van der Waals surface area contributed by atoms with E-state index in [-0.39, 0.29) is 11.9 Å². The Kier molecular flexibility index (Phi) is 5.57. The molecular weight excluding hydrogens is 372 g/mol. The van der Waals surface area contributed by atoms with Crippen molar-refractivity contribution in [1.82, 2.24) is 25.2 Å². The van der Waals surface area contributed by atoms with Gasteiger partial charge in [-0.25, -0.2) is 0 Å². The second-order valence-corrected chi connectivity index (χ2v) is 7.03. The molecule has 0 atom stereocenters. The zero-order chi connectivity index (χ0) is 20.2. The largest absolute Gasteiger partial charge is 0.381 e. The SMILES string of the molecule is Cc1onc(-c2ccccn2)c1CNc1cc(C(=O)NC2CCOCC2)n(C)n1. The lowest BCUT2D eigenvalue weighted by Crippen LogP contribution is -2.39. The van der Waals surface area contributed by atoms with E-state index in [0.717, 1.165) is 24.1 Å². The molecule has 1 amide bonds. The molecule has 0 saturated carbocycles. The second kappa shape index (κ2) is 8.44. The third-order valence-corrected chi connectivity index (χ3v) is 5.01. The summed E-state index contributed by atoms with van der Waals surface area (Å²) in [6.45, 7) is 3.68. The number of aryl methyl sites for hydroxylation is 2. The summed E-state index contributed by atoms with van der Waals surface area (Å²) in [5.74, 6) is 1.19. The van der Waals surface area contributed by atoms with Gasteiger partial charge >= 0.3 is 0 Å². The molecule has 0 aliphatic carbocycles. The molecule has 9 nitrogen and oxygen atoms in total. The number of nitrogens with one attached hydrogen (secondary N) is 2. The van der Waals surface area contributed by atoms with Crippen molar-refractivity contribution in [1.29, 1.82) is 0 Å². The lowest BCUT2D eigenvalue weighted by molar-refractivity contribution is 0.0692. The van der Waals surface area contributed by atoms with Gasteiger partial charge in [0.2, 0.25) is 0 Å². The molecule has 3 aromatic rings. The van der Waals surface area contributed by atoms with Crippen LogP contribution in [0.5, 0.6) is 0 Å². The van der Waals surface area contributed by atoms with Crippen LogP contribution in [-0.4, -0.2) is 45.1 Å². The predicted octanol–water partition coefficient (Wildman–Crippen LogP) is 2.30. The molecule has 0 aromatic carbocycles. The second-order valence-electron chi connectivity index (χ2n) is 7.03. The van der Waals surface area contributed by atoms with Crippen molar-refractivity contribution >= 4 is 11.7 Å². The van der Waals surface area contributed by atoms with E-state index in [4.69, 9.17) is 9.26 Å². The van der Waals surface area contributed by atoms with Crippen molar-refractivity contribution in [2.24, 2.45) is 7.05 Å². The zero-order valence-corrected chi connectivity index (χ0v) is 16.5. The molecule has 1 aliphatic rings. The lowest BCUT2D eigenvalue weighted by atomic mass is 10.1. The fourth-order valence-electron chi connectivity index (χ4n) is 3.35. The molecule has 4 heterocycles. The summed E-state index contributed by atoms with van der Waals surface area (Å²) in [5, 5.41) is 14.9. The van der Waals surface area contributed by atoms with Crippen LogP contribution in [0.1, 0.15) is 34.7 Å². The summed E-state index contributed by atoms with van der Waals surface area (Å²) in [6.07, 6.45) is 3.38. The molecule has 152 valence electrons. The van der Waals surface area contributed by atoms with E-state index in [1.165, 1.54) is 0 Å². The third kappa shape index (κ3) is 4.29. The summed E-state index contributed by atoms with van der Waals surface area (Å²) >= 11 is 0. The van der Waals surface area contributed by atoms with Crippen molar-refractivity contribution in [3.8, 4) is 11.4 Å². The van der Waals surface area contributed by atoms with Gasteiger partial charge < -0.3 is 19.9 Å². The molecule has 9 heteroatoms. The molecule has 1 saturated heterocycles. The summed E-state index contributed by atoms with van der Waals surface area (Å²) < 4.78 is 12.3. The van der Waals surface area contributed by atoms with Crippen LogP contribution in [0.15, 0.2) is 35.0 Å². The molecule has 3 aromatic heterocycles. The predicted molar refractivity (Wildman–Crippen MR) is 106 cm³/mol. The van der Waals surface area contributed by atoms with Crippen LogP contribution in [0, 0.1) is 6.92 Å². The van der Waals surface area contributed by atoms with Crippen LogP contribution >= 0.6 is 0 Å². The van der Waals surface area contributed by atoms with Gasteiger partial charge in [-0.05, 0) is 31.9 Å². The van der Waals surface area contributed by atoms with E-state index in [0.29, 0.717) is 42.7 Å². The average Bonchev–Trinajstić information content (AvgIpc) is 3.30. The molecule has 0 unspecified atom stereocenters. The smallest absolute Gasteiger partial charge is 0.269 e. The van der Waals surface area contributed by atoms with Crippen LogP contribution in [-0.2, 0) is 18.3 Å². The Labute approximate surface area is 168 Å². The number of anilines is 1. The van der Waals surface area contributed by atoms with Crippen molar-refractivity contribution in [3.63, 3.8) is 0 Å². The minimum Gasteiger partial charge on any atom is -0.381 e. The topological polar surface area (TPSA) is 107 Å². The molecular formula is C20H24N6O3. The highest BCUT2D eigenvalue weighted by molar-refractivity contribution is 5.93. The summed E-state index contributed by atoms with van der Waals surface area (Å²) in [4.78, 5) is 16.9. The van der Waals surface area contributed by atoms with E-state index in [2.05, 4.69) is 25.9 Å². The summed E-state index contributed by atoms with van der Waals surface area (Å²) in [5.41, 5.74) is 2.86. The molecule has 29 heavy (non-hydrogen) atoms. The fourth-order valence-corrected chi connectivity index (χ4v) is 3.35. The number of pyridine rings is 1. The van der Waals surface area contributed by atoms with Crippen LogP contribution in [0.3, 0.4) is 0 Å². The number of rotatable bonds is 6. The first-order chi connectivity index (χ1) is 14.1. The minimum atomic E-state index is -0.129. The van der Waals surface area contributed by atoms with Gasteiger partial charge in [0.05, 0.1) is 5.69 Å². The first-order valence-corrected chi connectivity index (χ1v) is 9.65. The van der Waals surface area contributed by atoms with Crippen molar-refractivity contribution in [3.05, 3.63) is 47.5 Å². The monoisotopic (exact) mass is 396 g/mol. The van der Waals surface area contributed by atoms with Gasteiger partial charge in [0, 0.05) is 50.7 Å². The Morgan fingerprint density at radius 2 is 2.14 bits per heavy atom. The maximum Gasteiger partial charge on any atom is 0.269 e. The van der Waals surface area contributed by atoms with Gasteiger partial charge in [0.15, 0.2) is 0 Å². The normalized spacial score (nSPS) is 14.7. The average molecular weight is 396 g/mol. The Morgan fingerprint density at radius 1 is 1.31 bits per heavy atom. The highest BCUT2D eigenvalue weighted by Crippen LogP contribution is 2.24. The quantitative estimate of drug-likeness (QED) is 0.658. The molecule has 0 spiro atoms. The Balaban J connectivity index is 1.44. The van der Waals surface area contributed by atoms with E-state index < -0.39 is 0 Å². The van der Waals surface area contributed by atoms with E-state index in [9.17, 15) is 4.79 Å². The molecule has 2 N–H and O–H groups in total. The Morgan fingerprint density at radius 3 is 2.90 bits per heavy atom. The summed E-state index contributed by atoms with van der Waals surface area (Å²) in [7, 11) is 1.76. The third-order valence-electron chi connectivity index (χ3n) is 5.01. The van der Waals surface area contributed by atoms with Crippen LogP contribution < -0.4 is 10.6 Å². The molecule has 4 rings (SSSR count). The maximum atomic E-state index is 12.6. The molecule has 1 aliphatic heterocycles. The van der Waals surface area contributed by atoms with Crippen LogP contribution in [0.4, 0.5) is 5.82 Å². The number of amides is 1. The molecule has 0 radical (unpaired) electrons. The maximum absolute atomic E-state index is 12.6. The minimum absolute atomic E-state index is 0.129. The van der Waals surface area contributed by atoms with Crippen molar-refractivity contribution in [2.45, 2.75) is 32.4 Å². The van der Waals surface area contributed by atoms with Crippen molar-refractivity contribution < 1.29 is 14.1 Å². The standard InChI is InChI=1S/C20H24N6O3/c1-13-15(19(25-29-13)16-5-3-4-8-21-16)12-22-18-11-17(26(2)24-18)20(27)23-14-6-9-28-10-7-14/h3-5,8,11,14H,6-7,9-10,12H2,1-2H3,(H,22,24)(H,23,27). The molecule has 1 fully saturated rings. The van der Waals surface area contributed by atoms with E-state index in [1.807, 2.05) is 25.1 Å². The number of ether oxygens (including phenoxy) is 1. The van der Waals surface area contributed by atoms with Gasteiger partial charge in [-0.15, -0.1) is 0 Å². The van der Waals surface area contributed by atoms with Crippen LogP contribution in [0.2, 0.25) is 0 Å². The number of nitrogens with zero attached hydrogens (tertiary/aromatic N) is 4.